The number of aromatic nitrogens is 2. The van der Waals surface area contributed by atoms with Crippen molar-refractivity contribution in [1.29, 1.82) is 10.5 Å². The number of nitrogens with one attached hydrogen (secondary N) is 1. The zero-order valence-corrected chi connectivity index (χ0v) is 11.7. The van der Waals surface area contributed by atoms with Crippen LogP contribution in [0.25, 0.3) is 0 Å². The van der Waals surface area contributed by atoms with Gasteiger partial charge in [0.1, 0.15) is 31.0 Å². The smallest absolute Gasteiger partial charge is 0.240 e. The number of nitriles is 2. The van der Waals surface area contributed by atoms with Gasteiger partial charge in [0.15, 0.2) is 11.4 Å². The molecule has 0 unspecified atom stereocenters. The van der Waals surface area contributed by atoms with Crippen LogP contribution in [0.5, 0.6) is 5.75 Å². The molecule has 0 atom stereocenters. The molecule has 1 amide bonds. The van der Waals surface area contributed by atoms with Crippen LogP contribution in [0.2, 0.25) is 0 Å². The van der Waals surface area contributed by atoms with Gasteiger partial charge in [0.05, 0.1) is 12.9 Å². The summed E-state index contributed by atoms with van der Waals surface area (Å²) in [6, 6.07) is 12.9. The molecule has 2 aromatic rings. The van der Waals surface area contributed by atoms with Crippen LogP contribution in [0.4, 0.5) is 0 Å². The second-order valence-corrected chi connectivity index (χ2v) is 4.30. The van der Waals surface area contributed by atoms with E-state index in [-0.39, 0.29) is 23.8 Å². The number of hydrogen-bond donors (Lipinski definition) is 1. The van der Waals surface area contributed by atoms with Crippen molar-refractivity contribution < 1.29 is 9.53 Å². The van der Waals surface area contributed by atoms with Gasteiger partial charge in [-0.05, 0) is 12.1 Å². The molecule has 0 spiro atoms. The van der Waals surface area contributed by atoms with E-state index in [4.69, 9.17) is 15.3 Å². The minimum Gasteiger partial charge on any atom is -0.492 e. The predicted molar refractivity (Wildman–Crippen MR) is 76.6 cm³/mol. The highest BCUT2D eigenvalue weighted by Gasteiger charge is 2.12. The van der Waals surface area contributed by atoms with Gasteiger partial charge >= 0.3 is 0 Å². The fourth-order valence-corrected chi connectivity index (χ4v) is 1.79. The highest BCUT2D eigenvalue weighted by Crippen LogP contribution is 2.07. The summed E-state index contributed by atoms with van der Waals surface area (Å²) in [6.07, 6.45) is 1.30. The zero-order valence-electron chi connectivity index (χ0n) is 11.7. The first-order chi connectivity index (χ1) is 10.7. The molecule has 0 aliphatic heterocycles. The quantitative estimate of drug-likeness (QED) is 0.795. The number of nitrogens with zero attached hydrogens (tertiary/aromatic N) is 4. The fourth-order valence-electron chi connectivity index (χ4n) is 1.79. The fraction of sp³-hybridized carbons (Fsp3) is 0.200. The summed E-state index contributed by atoms with van der Waals surface area (Å²) in [5, 5.41) is 20.4. The second kappa shape index (κ2) is 7.46. The first kappa shape index (κ1) is 15.1. The summed E-state index contributed by atoms with van der Waals surface area (Å²) in [7, 11) is 0. The van der Waals surface area contributed by atoms with E-state index in [9.17, 15) is 4.79 Å². The molecule has 0 fully saturated rings. The Morgan fingerprint density at radius 3 is 2.73 bits per heavy atom. The van der Waals surface area contributed by atoms with Crippen molar-refractivity contribution in [2.45, 2.75) is 6.54 Å². The average Bonchev–Trinajstić information content (AvgIpc) is 2.94. The molecule has 22 heavy (non-hydrogen) atoms. The lowest BCUT2D eigenvalue weighted by Gasteiger charge is -2.08. The van der Waals surface area contributed by atoms with E-state index in [1.807, 2.05) is 36.4 Å². The molecule has 0 aliphatic carbocycles. The molecular formula is C15H13N5O2. The lowest BCUT2D eigenvalue weighted by molar-refractivity contribution is -0.121. The van der Waals surface area contributed by atoms with Gasteiger partial charge in [0.2, 0.25) is 5.91 Å². The molecule has 1 aromatic carbocycles. The molecule has 7 nitrogen and oxygen atoms in total. The topological polar surface area (TPSA) is 104 Å². The van der Waals surface area contributed by atoms with E-state index in [0.717, 1.165) is 5.75 Å². The van der Waals surface area contributed by atoms with Crippen molar-refractivity contribution in [3.8, 4) is 17.9 Å². The zero-order chi connectivity index (χ0) is 15.8. The van der Waals surface area contributed by atoms with Gasteiger partial charge in [0, 0.05) is 0 Å². The number of carbonyl (C=O) groups is 1. The average molecular weight is 295 g/mol. The van der Waals surface area contributed by atoms with Gasteiger partial charge < -0.3 is 14.6 Å². The number of benzene rings is 1. The molecular weight excluding hydrogens is 282 g/mol. The van der Waals surface area contributed by atoms with Gasteiger partial charge in [-0.3, -0.25) is 4.79 Å². The maximum absolute atomic E-state index is 11.8. The van der Waals surface area contributed by atoms with Crippen LogP contribution in [-0.4, -0.2) is 28.6 Å². The van der Waals surface area contributed by atoms with Gasteiger partial charge in [-0.25, -0.2) is 4.98 Å². The number of ether oxygens (including phenoxy) is 1. The molecule has 1 aromatic heterocycles. The van der Waals surface area contributed by atoms with Crippen LogP contribution >= 0.6 is 0 Å². The van der Waals surface area contributed by atoms with Gasteiger partial charge in [-0.1, -0.05) is 18.2 Å². The molecule has 0 saturated carbocycles. The number of rotatable bonds is 6. The standard InChI is InChI=1S/C15H13N5O2/c16-8-13-14(9-17)20(11-19-13)10-15(21)18-6-7-22-12-4-2-1-3-5-12/h1-5,11H,6-7,10H2,(H,18,21). The van der Waals surface area contributed by atoms with Crippen LogP contribution in [0.3, 0.4) is 0 Å². The first-order valence-corrected chi connectivity index (χ1v) is 6.54. The Morgan fingerprint density at radius 2 is 2.05 bits per heavy atom. The van der Waals surface area contributed by atoms with Crippen LogP contribution < -0.4 is 10.1 Å². The minimum atomic E-state index is -0.282. The van der Waals surface area contributed by atoms with Crippen molar-refractivity contribution >= 4 is 5.91 Å². The summed E-state index contributed by atoms with van der Waals surface area (Å²) in [4.78, 5) is 15.6. The van der Waals surface area contributed by atoms with Gasteiger partial charge in [-0.2, -0.15) is 10.5 Å². The Bertz CT molecular complexity index is 725. The van der Waals surface area contributed by atoms with E-state index in [1.165, 1.54) is 10.9 Å². The summed E-state index contributed by atoms with van der Waals surface area (Å²) in [5.74, 6) is 0.451. The SMILES string of the molecule is N#Cc1ncn(CC(=O)NCCOc2ccccc2)c1C#N. The van der Waals surface area contributed by atoms with Crippen molar-refractivity contribution in [3.63, 3.8) is 0 Å². The Kier molecular flexibility index (Phi) is 5.11. The van der Waals surface area contributed by atoms with Gasteiger partial charge in [-0.15, -0.1) is 0 Å². The number of hydrogen-bond acceptors (Lipinski definition) is 5. The molecule has 0 radical (unpaired) electrons. The summed E-state index contributed by atoms with van der Waals surface area (Å²) < 4.78 is 6.78. The Labute approximate surface area is 127 Å². The molecule has 1 N–H and O–H groups in total. The molecule has 0 aliphatic rings. The third kappa shape index (κ3) is 3.84. The van der Waals surface area contributed by atoms with E-state index in [1.54, 1.807) is 6.07 Å². The van der Waals surface area contributed by atoms with Crippen molar-refractivity contribution in [2.75, 3.05) is 13.2 Å². The predicted octanol–water partition coefficient (Wildman–Crippen LogP) is 0.822. The molecule has 0 saturated heterocycles. The third-order valence-electron chi connectivity index (χ3n) is 2.80. The van der Waals surface area contributed by atoms with E-state index < -0.39 is 0 Å². The first-order valence-electron chi connectivity index (χ1n) is 6.54. The monoisotopic (exact) mass is 295 g/mol. The van der Waals surface area contributed by atoms with Crippen LogP contribution in [0.15, 0.2) is 36.7 Å². The lowest BCUT2D eigenvalue weighted by atomic mass is 10.3. The van der Waals surface area contributed by atoms with Crippen LogP contribution in [-0.2, 0) is 11.3 Å². The Hall–Kier alpha value is -3.32. The number of carbonyl (C=O) groups excluding carboxylic acids is 1. The Balaban J connectivity index is 1.78. The van der Waals surface area contributed by atoms with E-state index >= 15 is 0 Å². The number of para-hydroxylation sites is 1. The lowest BCUT2D eigenvalue weighted by Crippen LogP contribution is -2.31. The highest BCUT2D eigenvalue weighted by atomic mass is 16.5. The molecule has 2 rings (SSSR count). The summed E-state index contributed by atoms with van der Waals surface area (Å²) >= 11 is 0. The molecule has 110 valence electrons. The van der Waals surface area contributed by atoms with Crippen LogP contribution in [0, 0.1) is 22.7 Å². The maximum atomic E-state index is 11.8. The highest BCUT2D eigenvalue weighted by molar-refractivity contribution is 5.75. The van der Waals surface area contributed by atoms with E-state index in [2.05, 4.69) is 10.3 Å². The third-order valence-corrected chi connectivity index (χ3v) is 2.80. The molecule has 1 heterocycles. The van der Waals surface area contributed by atoms with Crippen molar-refractivity contribution in [3.05, 3.63) is 48.0 Å². The second-order valence-electron chi connectivity index (χ2n) is 4.30. The molecule has 7 heteroatoms. The largest absolute Gasteiger partial charge is 0.492 e. The normalized spacial score (nSPS) is 9.55. The van der Waals surface area contributed by atoms with Crippen molar-refractivity contribution in [1.82, 2.24) is 14.9 Å². The van der Waals surface area contributed by atoms with Crippen molar-refractivity contribution in [2.24, 2.45) is 0 Å². The molecule has 0 bridgehead atoms. The van der Waals surface area contributed by atoms with Crippen LogP contribution in [0.1, 0.15) is 11.4 Å². The Morgan fingerprint density at radius 1 is 1.27 bits per heavy atom. The summed E-state index contributed by atoms with van der Waals surface area (Å²) in [6.45, 7) is 0.618. The number of amides is 1. The van der Waals surface area contributed by atoms with E-state index in [0.29, 0.717) is 13.2 Å². The number of imidazole rings is 1. The maximum Gasteiger partial charge on any atom is 0.240 e. The van der Waals surface area contributed by atoms with Gasteiger partial charge in [0.25, 0.3) is 0 Å². The minimum absolute atomic E-state index is 0.0164. The summed E-state index contributed by atoms with van der Waals surface area (Å²) in [5.41, 5.74) is 0.0981.